The Balaban J connectivity index is 1.43. The van der Waals surface area contributed by atoms with Crippen LogP contribution in [0.15, 0.2) is 18.5 Å². The number of piperazine rings is 1. The van der Waals surface area contributed by atoms with Crippen LogP contribution in [0.25, 0.3) is 10.2 Å². The Hall–Kier alpha value is -2.40. The molecule has 1 aliphatic rings. The van der Waals surface area contributed by atoms with E-state index in [9.17, 15) is 18.0 Å². The van der Waals surface area contributed by atoms with Gasteiger partial charge in [-0.05, 0) is 13.0 Å². The van der Waals surface area contributed by atoms with Crippen molar-refractivity contribution in [2.45, 2.75) is 26.2 Å². The molecule has 1 saturated heterocycles. The van der Waals surface area contributed by atoms with Gasteiger partial charge in [-0.2, -0.15) is 23.4 Å². The van der Waals surface area contributed by atoms with Gasteiger partial charge in [-0.1, -0.05) is 0 Å². The first-order valence-electron chi connectivity index (χ1n) is 9.33. The summed E-state index contributed by atoms with van der Waals surface area (Å²) in [7, 11) is 1.46. The number of hydrogen-bond donors (Lipinski definition) is 0. The predicted octanol–water partition coefficient (Wildman–Crippen LogP) is 2.83. The first-order chi connectivity index (χ1) is 13.8. The predicted molar refractivity (Wildman–Crippen MR) is 103 cm³/mol. The highest BCUT2D eigenvalue weighted by molar-refractivity contribution is 7.20. The molecule has 4 heterocycles. The summed E-state index contributed by atoms with van der Waals surface area (Å²) in [6.45, 7) is 6.13. The van der Waals surface area contributed by atoms with E-state index in [0.29, 0.717) is 35.9 Å². The number of amides is 1. The average Bonchev–Trinajstić information content (AvgIpc) is 3.38. The molecule has 1 amide bonds. The molecule has 4 rings (SSSR count). The Morgan fingerprint density at radius 1 is 1.24 bits per heavy atom. The second-order valence-electron chi connectivity index (χ2n) is 7.07. The lowest BCUT2D eigenvalue weighted by Crippen LogP contribution is -2.48. The van der Waals surface area contributed by atoms with Crippen LogP contribution in [0.3, 0.4) is 0 Å². The molecule has 29 heavy (non-hydrogen) atoms. The molecule has 0 aromatic carbocycles. The van der Waals surface area contributed by atoms with Gasteiger partial charge in [-0.15, -0.1) is 11.3 Å². The molecule has 0 atom stereocenters. The summed E-state index contributed by atoms with van der Waals surface area (Å²) in [6.07, 6.45) is -0.677. The van der Waals surface area contributed by atoms with E-state index in [1.165, 1.54) is 17.8 Å². The van der Waals surface area contributed by atoms with Gasteiger partial charge in [0.1, 0.15) is 4.83 Å². The Kier molecular flexibility index (Phi) is 5.11. The third kappa shape index (κ3) is 3.88. The molecule has 1 aliphatic heterocycles. The Bertz CT molecular complexity index is 1030. The van der Waals surface area contributed by atoms with Crippen molar-refractivity contribution in [2.75, 3.05) is 26.2 Å². The summed E-state index contributed by atoms with van der Waals surface area (Å²) in [5.74, 6) is -0.224. The fourth-order valence-corrected chi connectivity index (χ4v) is 4.58. The second-order valence-corrected chi connectivity index (χ2v) is 8.10. The molecule has 0 saturated carbocycles. The first kappa shape index (κ1) is 19.9. The molecule has 0 spiro atoms. The lowest BCUT2D eigenvalue weighted by molar-refractivity contribution is -0.140. The fraction of sp³-hybridized carbons (Fsp3) is 0.500. The molecule has 11 heteroatoms. The van der Waals surface area contributed by atoms with Crippen molar-refractivity contribution in [3.05, 3.63) is 34.6 Å². The maximum absolute atomic E-state index is 13.2. The van der Waals surface area contributed by atoms with E-state index in [0.717, 1.165) is 30.0 Å². The van der Waals surface area contributed by atoms with E-state index in [2.05, 4.69) is 15.1 Å². The monoisotopic (exact) mass is 426 g/mol. The number of aromatic nitrogens is 4. The summed E-state index contributed by atoms with van der Waals surface area (Å²) >= 11 is 1.06. The maximum Gasteiger partial charge on any atom is 0.435 e. The Labute approximate surface area is 169 Å². The minimum absolute atomic E-state index is 0.0140. The van der Waals surface area contributed by atoms with Crippen molar-refractivity contribution >= 4 is 27.5 Å². The third-order valence-electron chi connectivity index (χ3n) is 5.07. The molecule has 0 unspecified atom stereocenters. The van der Waals surface area contributed by atoms with Crippen LogP contribution in [0.2, 0.25) is 0 Å². The summed E-state index contributed by atoms with van der Waals surface area (Å²) in [5.41, 5.74) is 0.186. The number of carbonyl (C=O) groups is 1. The molecule has 0 radical (unpaired) electrons. The molecule has 7 nitrogen and oxygen atoms in total. The Morgan fingerprint density at radius 2 is 1.97 bits per heavy atom. The number of nitrogens with zero attached hydrogens (tertiary/aromatic N) is 6. The third-order valence-corrected chi connectivity index (χ3v) is 6.26. The van der Waals surface area contributed by atoms with Crippen LogP contribution >= 0.6 is 11.3 Å². The van der Waals surface area contributed by atoms with E-state index in [-0.39, 0.29) is 11.3 Å². The molecule has 0 aliphatic carbocycles. The molecule has 3 aromatic rings. The van der Waals surface area contributed by atoms with Gasteiger partial charge in [0.25, 0.3) is 5.91 Å². The van der Waals surface area contributed by atoms with Crippen LogP contribution in [-0.2, 0) is 26.3 Å². The van der Waals surface area contributed by atoms with Crippen LogP contribution in [0, 0.1) is 0 Å². The lowest BCUT2D eigenvalue weighted by Gasteiger charge is -2.34. The zero-order valence-corrected chi connectivity index (χ0v) is 16.9. The van der Waals surface area contributed by atoms with E-state index in [4.69, 9.17) is 0 Å². The minimum atomic E-state index is -4.54. The van der Waals surface area contributed by atoms with Crippen molar-refractivity contribution < 1.29 is 18.0 Å². The van der Waals surface area contributed by atoms with Gasteiger partial charge in [0, 0.05) is 63.5 Å². The molecular formula is C18H21F3N6OS. The highest BCUT2D eigenvalue weighted by Crippen LogP contribution is 2.37. The van der Waals surface area contributed by atoms with E-state index in [1.54, 1.807) is 4.90 Å². The van der Waals surface area contributed by atoms with Gasteiger partial charge < -0.3 is 4.90 Å². The molecule has 156 valence electrons. The highest BCUT2D eigenvalue weighted by atomic mass is 32.1. The molecule has 1 fully saturated rings. The van der Waals surface area contributed by atoms with Crippen LogP contribution in [0.4, 0.5) is 13.2 Å². The number of thiophene rings is 1. The largest absolute Gasteiger partial charge is 0.435 e. The fourth-order valence-electron chi connectivity index (χ4n) is 3.54. The lowest BCUT2D eigenvalue weighted by atomic mass is 10.2. The quantitative estimate of drug-likeness (QED) is 0.644. The summed E-state index contributed by atoms with van der Waals surface area (Å²) < 4.78 is 42.6. The average molecular weight is 426 g/mol. The van der Waals surface area contributed by atoms with Gasteiger partial charge in [0.15, 0.2) is 5.69 Å². The number of alkyl halides is 3. The second kappa shape index (κ2) is 7.45. The zero-order chi connectivity index (χ0) is 20.8. The van der Waals surface area contributed by atoms with Gasteiger partial charge >= 0.3 is 6.18 Å². The van der Waals surface area contributed by atoms with Crippen molar-refractivity contribution in [2.24, 2.45) is 7.05 Å². The van der Waals surface area contributed by atoms with Crippen LogP contribution in [-0.4, -0.2) is 61.4 Å². The summed E-state index contributed by atoms with van der Waals surface area (Å²) in [5, 5.41) is 7.81. The van der Waals surface area contributed by atoms with Crippen molar-refractivity contribution in [1.82, 2.24) is 29.4 Å². The molecular weight excluding hydrogens is 405 g/mol. The number of carbonyl (C=O) groups excluding carboxylic acids is 1. The molecule has 0 N–H and O–H groups in total. The number of rotatable bonds is 4. The topological polar surface area (TPSA) is 59.2 Å². The maximum atomic E-state index is 13.2. The van der Waals surface area contributed by atoms with Crippen molar-refractivity contribution in [1.29, 1.82) is 0 Å². The standard InChI is InChI=1S/C18H21F3N6OS/c1-3-27-11-12(9-22-27)10-25-4-6-26(7-5-25)16(28)14-8-13-15(18(19,20)21)23-24(2)17(13)29-14/h8-9,11H,3-7,10H2,1-2H3. The van der Waals surface area contributed by atoms with E-state index >= 15 is 0 Å². The van der Waals surface area contributed by atoms with Gasteiger partial charge in [-0.25, -0.2) is 0 Å². The normalized spacial score (nSPS) is 16.1. The molecule has 0 bridgehead atoms. The van der Waals surface area contributed by atoms with Crippen molar-refractivity contribution in [3.63, 3.8) is 0 Å². The molecule has 3 aromatic heterocycles. The number of halogens is 3. The summed E-state index contributed by atoms with van der Waals surface area (Å²) in [6, 6.07) is 1.32. The first-order valence-corrected chi connectivity index (χ1v) is 10.1. The van der Waals surface area contributed by atoms with E-state index in [1.807, 2.05) is 24.0 Å². The highest BCUT2D eigenvalue weighted by Gasteiger charge is 2.38. The van der Waals surface area contributed by atoms with Crippen LogP contribution in [0.1, 0.15) is 27.9 Å². The SMILES string of the molecule is CCn1cc(CN2CCN(C(=O)c3cc4c(C(F)(F)F)nn(C)c4s3)CC2)cn1. The summed E-state index contributed by atoms with van der Waals surface area (Å²) in [4.78, 5) is 17.5. The Morgan fingerprint density at radius 3 is 2.59 bits per heavy atom. The number of hydrogen-bond acceptors (Lipinski definition) is 5. The van der Waals surface area contributed by atoms with E-state index < -0.39 is 11.9 Å². The number of aryl methyl sites for hydroxylation is 2. The minimum Gasteiger partial charge on any atom is -0.335 e. The number of fused-ring (bicyclic) bond motifs is 1. The van der Waals surface area contributed by atoms with Gasteiger partial charge in [0.05, 0.1) is 11.1 Å². The van der Waals surface area contributed by atoms with Gasteiger partial charge in [-0.3, -0.25) is 19.1 Å². The zero-order valence-electron chi connectivity index (χ0n) is 16.1. The van der Waals surface area contributed by atoms with Gasteiger partial charge in [0.2, 0.25) is 0 Å². The van der Waals surface area contributed by atoms with Crippen LogP contribution in [0.5, 0.6) is 0 Å². The smallest absolute Gasteiger partial charge is 0.335 e. The van der Waals surface area contributed by atoms with Crippen LogP contribution < -0.4 is 0 Å². The van der Waals surface area contributed by atoms with Crippen molar-refractivity contribution in [3.8, 4) is 0 Å².